The zero-order valence-corrected chi connectivity index (χ0v) is 8.95. The van der Waals surface area contributed by atoms with Gasteiger partial charge < -0.3 is 25.8 Å². The third kappa shape index (κ3) is 1.79. The Bertz CT molecular complexity index is 570. The molecule has 1 aliphatic rings. The molecule has 0 amide bonds. The summed E-state index contributed by atoms with van der Waals surface area (Å²) in [6.07, 6.45) is -2.30. The summed E-state index contributed by atoms with van der Waals surface area (Å²) in [6, 6.07) is 0. The van der Waals surface area contributed by atoms with Crippen LogP contribution in [0.25, 0.3) is 0 Å². The highest BCUT2D eigenvalue weighted by molar-refractivity contribution is 5.27. The Hall–Kier alpha value is -2.13. The molecule has 0 aliphatic carbocycles. The molecular formula is C9H10FN3O5. The number of ether oxygens (including phenoxy) is 1. The van der Waals surface area contributed by atoms with Crippen molar-refractivity contribution < 1.29 is 24.4 Å². The fraction of sp³-hybridized carbons (Fsp3) is 0.333. The summed E-state index contributed by atoms with van der Waals surface area (Å²) in [5.41, 5.74) is 4.15. The first-order valence-corrected chi connectivity index (χ1v) is 4.87. The van der Waals surface area contributed by atoms with E-state index in [4.69, 9.17) is 15.6 Å². The average molecular weight is 259 g/mol. The number of nitrogens with zero attached hydrogens (tertiary/aromatic N) is 2. The van der Waals surface area contributed by atoms with Crippen LogP contribution in [0, 0.1) is 5.82 Å². The van der Waals surface area contributed by atoms with Crippen LogP contribution >= 0.6 is 0 Å². The molecule has 0 spiro atoms. The summed E-state index contributed by atoms with van der Waals surface area (Å²) in [5, 5.41) is 27.8. The molecule has 0 saturated carbocycles. The smallest absolute Gasteiger partial charge is 0.352 e. The van der Waals surface area contributed by atoms with Crippen LogP contribution in [0.3, 0.4) is 0 Å². The molecule has 0 saturated heterocycles. The Morgan fingerprint density at radius 3 is 2.83 bits per heavy atom. The van der Waals surface area contributed by atoms with Crippen LogP contribution in [-0.4, -0.2) is 37.6 Å². The summed E-state index contributed by atoms with van der Waals surface area (Å²) in [4.78, 5) is 14.7. The van der Waals surface area contributed by atoms with Gasteiger partial charge >= 0.3 is 5.69 Å². The number of aromatic nitrogens is 2. The van der Waals surface area contributed by atoms with E-state index in [2.05, 4.69) is 4.98 Å². The molecule has 0 aromatic carbocycles. The minimum absolute atomic E-state index is 0.295. The molecule has 2 atom stereocenters. The summed E-state index contributed by atoms with van der Waals surface area (Å²) >= 11 is 0. The van der Waals surface area contributed by atoms with E-state index in [1.165, 1.54) is 0 Å². The van der Waals surface area contributed by atoms with Crippen LogP contribution in [-0.2, 0) is 4.74 Å². The fourth-order valence-electron chi connectivity index (χ4n) is 1.54. The third-order valence-electron chi connectivity index (χ3n) is 2.45. The maximum absolute atomic E-state index is 13.2. The van der Waals surface area contributed by atoms with E-state index in [9.17, 15) is 19.4 Å². The highest BCUT2D eigenvalue weighted by Gasteiger charge is 2.37. The topological polar surface area (TPSA) is 131 Å². The number of rotatable bonds is 2. The second-order valence-corrected chi connectivity index (χ2v) is 3.58. The third-order valence-corrected chi connectivity index (χ3v) is 2.45. The molecule has 1 aliphatic heterocycles. The van der Waals surface area contributed by atoms with Crippen molar-refractivity contribution >= 4 is 5.82 Å². The number of hydrogen-bond acceptors (Lipinski definition) is 7. The van der Waals surface area contributed by atoms with Crippen molar-refractivity contribution in [3.8, 4) is 0 Å². The number of anilines is 1. The summed E-state index contributed by atoms with van der Waals surface area (Å²) in [6.45, 7) is -0.668. The molecule has 0 radical (unpaired) electrons. The molecule has 2 heterocycles. The van der Waals surface area contributed by atoms with E-state index in [-0.39, 0.29) is 5.76 Å². The summed E-state index contributed by atoms with van der Waals surface area (Å²) in [5.74, 6) is -2.46. The SMILES string of the molecule is Nc1nc(=O)n([C@@H]2OC(CO)=C(O)C2O)cc1F. The van der Waals surface area contributed by atoms with Crippen LogP contribution in [0.5, 0.6) is 0 Å². The highest BCUT2D eigenvalue weighted by Crippen LogP contribution is 2.30. The monoisotopic (exact) mass is 259 g/mol. The number of nitrogens with two attached hydrogens (primary N) is 1. The molecule has 1 unspecified atom stereocenters. The normalized spacial score (nSPS) is 23.3. The predicted octanol–water partition coefficient (Wildman–Crippen LogP) is -1.38. The molecule has 0 bridgehead atoms. The van der Waals surface area contributed by atoms with Crippen LogP contribution in [0.1, 0.15) is 6.23 Å². The van der Waals surface area contributed by atoms with Crippen molar-refractivity contribution in [3.63, 3.8) is 0 Å². The van der Waals surface area contributed by atoms with Gasteiger partial charge in [-0.05, 0) is 0 Å². The Morgan fingerprint density at radius 2 is 2.28 bits per heavy atom. The Kier molecular flexibility index (Phi) is 2.93. The lowest BCUT2D eigenvalue weighted by molar-refractivity contribution is -0.0176. The molecule has 1 aromatic rings. The number of hydrogen-bond donors (Lipinski definition) is 4. The van der Waals surface area contributed by atoms with E-state index in [1.807, 2.05) is 0 Å². The quantitative estimate of drug-likeness (QED) is 0.514. The first-order valence-electron chi connectivity index (χ1n) is 4.87. The van der Waals surface area contributed by atoms with E-state index < -0.39 is 42.0 Å². The van der Waals surface area contributed by atoms with E-state index >= 15 is 0 Å². The standard InChI is InChI=1S/C9H10FN3O5/c10-3-1-13(9(17)12-7(3)11)8-6(16)5(15)4(2-14)18-8/h1,6,8,14-16H,2H2,(H2,11,12,17)/t6?,8-/m1/s1. The van der Waals surface area contributed by atoms with Gasteiger partial charge in [-0.2, -0.15) is 4.98 Å². The molecule has 0 fully saturated rings. The van der Waals surface area contributed by atoms with Crippen LogP contribution in [0.15, 0.2) is 22.5 Å². The van der Waals surface area contributed by atoms with E-state index in [1.54, 1.807) is 0 Å². The van der Waals surface area contributed by atoms with Crippen molar-refractivity contribution in [1.29, 1.82) is 0 Å². The summed E-state index contributed by atoms with van der Waals surface area (Å²) < 4.78 is 18.8. The van der Waals surface area contributed by atoms with Gasteiger partial charge in [-0.25, -0.2) is 9.18 Å². The number of aliphatic hydroxyl groups excluding tert-OH is 3. The lowest BCUT2D eigenvalue weighted by Gasteiger charge is -2.17. The van der Waals surface area contributed by atoms with Crippen molar-refractivity contribution in [2.45, 2.75) is 12.3 Å². The van der Waals surface area contributed by atoms with Gasteiger partial charge in [0.25, 0.3) is 0 Å². The second kappa shape index (κ2) is 4.27. The fourth-order valence-corrected chi connectivity index (χ4v) is 1.54. The van der Waals surface area contributed by atoms with Gasteiger partial charge in [0.1, 0.15) is 6.61 Å². The number of nitrogen functional groups attached to an aromatic ring is 1. The first kappa shape index (κ1) is 12.3. The molecular weight excluding hydrogens is 249 g/mol. The minimum atomic E-state index is -1.60. The molecule has 9 heteroatoms. The van der Waals surface area contributed by atoms with Gasteiger partial charge in [0, 0.05) is 0 Å². The molecule has 98 valence electrons. The van der Waals surface area contributed by atoms with Crippen molar-refractivity contribution in [1.82, 2.24) is 9.55 Å². The van der Waals surface area contributed by atoms with Crippen molar-refractivity contribution in [3.05, 3.63) is 34.0 Å². The zero-order chi connectivity index (χ0) is 13.4. The lowest BCUT2D eigenvalue weighted by Crippen LogP contribution is -2.33. The Labute approximate surface area is 99.4 Å². The van der Waals surface area contributed by atoms with Crippen LogP contribution in [0.4, 0.5) is 10.2 Å². The van der Waals surface area contributed by atoms with Crippen LogP contribution < -0.4 is 11.4 Å². The minimum Gasteiger partial charge on any atom is -0.506 e. The Balaban J connectivity index is 2.42. The second-order valence-electron chi connectivity index (χ2n) is 3.58. The predicted molar refractivity (Wildman–Crippen MR) is 55.7 cm³/mol. The van der Waals surface area contributed by atoms with Gasteiger partial charge in [0.15, 0.2) is 29.3 Å². The van der Waals surface area contributed by atoms with E-state index in [0.29, 0.717) is 10.8 Å². The van der Waals surface area contributed by atoms with E-state index in [0.717, 1.165) is 0 Å². The van der Waals surface area contributed by atoms with Gasteiger partial charge in [-0.15, -0.1) is 0 Å². The molecule has 2 rings (SSSR count). The van der Waals surface area contributed by atoms with Gasteiger partial charge in [-0.1, -0.05) is 0 Å². The highest BCUT2D eigenvalue weighted by atomic mass is 19.1. The molecule has 8 nitrogen and oxygen atoms in total. The van der Waals surface area contributed by atoms with Crippen LogP contribution in [0.2, 0.25) is 0 Å². The van der Waals surface area contributed by atoms with Gasteiger partial charge in [0.2, 0.25) is 6.23 Å². The van der Waals surface area contributed by atoms with Gasteiger partial charge in [0.05, 0.1) is 6.20 Å². The molecule has 5 N–H and O–H groups in total. The summed E-state index contributed by atoms with van der Waals surface area (Å²) in [7, 11) is 0. The first-order chi connectivity index (χ1) is 8.45. The number of aliphatic hydroxyl groups is 3. The molecule has 1 aromatic heterocycles. The number of halogens is 1. The molecule has 18 heavy (non-hydrogen) atoms. The van der Waals surface area contributed by atoms with Crippen molar-refractivity contribution in [2.75, 3.05) is 12.3 Å². The van der Waals surface area contributed by atoms with Crippen molar-refractivity contribution in [2.24, 2.45) is 0 Å². The average Bonchev–Trinajstić information content (AvgIpc) is 2.61. The zero-order valence-electron chi connectivity index (χ0n) is 8.95. The lowest BCUT2D eigenvalue weighted by atomic mass is 10.2. The van der Waals surface area contributed by atoms with Gasteiger partial charge in [-0.3, -0.25) is 4.57 Å². The largest absolute Gasteiger partial charge is 0.506 e. The maximum atomic E-state index is 13.2. The Morgan fingerprint density at radius 1 is 1.61 bits per heavy atom. The maximum Gasteiger partial charge on any atom is 0.352 e.